The van der Waals surface area contributed by atoms with E-state index < -0.39 is 0 Å². The highest BCUT2D eigenvalue weighted by Crippen LogP contribution is 2.44. The minimum Gasteiger partial charge on any atom is -0.293 e. The first-order valence-electron chi connectivity index (χ1n) is 10.4. The maximum absolute atomic E-state index is 12.9. The van der Waals surface area contributed by atoms with Gasteiger partial charge in [-0.2, -0.15) is 5.26 Å². The number of thiophene rings is 2. The van der Waals surface area contributed by atoms with Crippen molar-refractivity contribution in [1.29, 1.82) is 5.26 Å². The number of nitrogens with zero attached hydrogens (tertiary/aromatic N) is 2. The summed E-state index contributed by atoms with van der Waals surface area (Å²) in [5.74, 6) is -0.0137. The summed E-state index contributed by atoms with van der Waals surface area (Å²) in [5.41, 5.74) is 5.08. The predicted octanol–water partition coefficient (Wildman–Crippen LogP) is 8.51. The van der Waals surface area contributed by atoms with E-state index in [-0.39, 0.29) is 11.5 Å². The van der Waals surface area contributed by atoms with E-state index in [0.29, 0.717) is 26.2 Å². The molecule has 5 rings (SSSR count). The molecular weight excluding hydrogens is 523 g/mol. The van der Waals surface area contributed by atoms with Crippen LogP contribution >= 0.6 is 57.6 Å². The SMILES string of the molecule is N#Cc1c(SCC(=O)c2ccc(Cl)cc2Cl)nc2c(c1-c1cccs1)CCC2=Cc1cccs1. The highest BCUT2D eigenvalue weighted by atomic mass is 35.5. The van der Waals surface area contributed by atoms with Crippen LogP contribution in [-0.2, 0) is 6.42 Å². The fraction of sp³-hybridized carbons (Fsp3) is 0.115. The van der Waals surface area contributed by atoms with Gasteiger partial charge in [0.05, 0.1) is 22.0 Å². The molecule has 0 bridgehead atoms. The Labute approximate surface area is 219 Å². The van der Waals surface area contributed by atoms with Crippen molar-refractivity contribution < 1.29 is 4.79 Å². The summed E-state index contributed by atoms with van der Waals surface area (Å²) < 4.78 is 0. The first-order valence-corrected chi connectivity index (χ1v) is 13.9. The summed E-state index contributed by atoms with van der Waals surface area (Å²) in [4.78, 5) is 20.1. The quantitative estimate of drug-likeness (QED) is 0.182. The molecule has 34 heavy (non-hydrogen) atoms. The number of carbonyl (C=O) groups excluding carboxylic acids is 1. The number of nitriles is 1. The third-order valence-electron chi connectivity index (χ3n) is 5.52. The van der Waals surface area contributed by atoms with Crippen LogP contribution in [0.25, 0.3) is 22.1 Å². The number of hydrogen-bond acceptors (Lipinski definition) is 6. The third kappa shape index (κ3) is 4.59. The molecule has 168 valence electrons. The molecule has 0 unspecified atom stereocenters. The minimum absolute atomic E-state index is 0.121. The third-order valence-corrected chi connectivity index (χ3v) is 8.75. The van der Waals surface area contributed by atoms with Crippen molar-refractivity contribution in [2.24, 2.45) is 0 Å². The Morgan fingerprint density at radius 3 is 2.68 bits per heavy atom. The van der Waals surface area contributed by atoms with Crippen LogP contribution < -0.4 is 0 Å². The van der Waals surface area contributed by atoms with Crippen molar-refractivity contribution in [3.63, 3.8) is 0 Å². The molecule has 4 aromatic rings. The van der Waals surface area contributed by atoms with Crippen LogP contribution in [0.2, 0.25) is 10.0 Å². The molecule has 0 saturated heterocycles. The Morgan fingerprint density at radius 1 is 1.15 bits per heavy atom. The van der Waals surface area contributed by atoms with Gasteiger partial charge in [-0.25, -0.2) is 4.98 Å². The lowest BCUT2D eigenvalue weighted by molar-refractivity contribution is 0.102. The summed E-state index contributed by atoms with van der Waals surface area (Å²) >= 11 is 16.8. The zero-order valence-electron chi connectivity index (χ0n) is 17.7. The van der Waals surface area contributed by atoms with Gasteiger partial charge in [-0.1, -0.05) is 47.1 Å². The molecule has 0 radical (unpaired) electrons. The molecule has 0 spiro atoms. The number of fused-ring (bicyclic) bond motifs is 1. The van der Waals surface area contributed by atoms with E-state index >= 15 is 0 Å². The van der Waals surface area contributed by atoms with Gasteiger partial charge in [0.25, 0.3) is 0 Å². The van der Waals surface area contributed by atoms with Crippen LogP contribution in [0.15, 0.2) is 58.3 Å². The van der Waals surface area contributed by atoms with Gasteiger partial charge in [0.15, 0.2) is 5.78 Å². The lowest BCUT2D eigenvalue weighted by Gasteiger charge is -2.13. The van der Waals surface area contributed by atoms with Crippen LogP contribution in [0, 0.1) is 11.3 Å². The van der Waals surface area contributed by atoms with Crippen molar-refractivity contribution >= 4 is 75.1 Å². The topological polar surface area (TPSA) is 53.8 Å². The molecule has 1 aliphatic rings. The predicted molar refractivity (Wildman–Crippen MR) is 144 cm³/mol. The van der Waals surface area contributed by atoms with Crippen molar-refractivity contribution in [3.8, 4) is 16.5 Å². The number of pyridine rings is 1. The second kappa shape index (κ2) is 10.1. The second-order valence-corrected chi connectivity index (χ2v) is 11.3. The van der Waals surface area contributed by atoms with Gasteiger partial charge in [-0.05, 0) is 71.1 Å². The van der Waals surface area contributed by atoms with Crippen LogP contribution in [0.4, 0.5) is 0 Å². The molecule has 0 aliphatic heterocycles. The van der Waals surface area contributed by atoms with Crippen molar-refractivity contribution in [2.45, 2.75) is 17.9 Å². The first-order chi connectivity index (χ1) is 16.5. The smallest absolute Gasteiger partial charge is 0.174 e. The monoisotopic (exact) mass is 538 g/mol. The molecule has 8 heteroatoms. The number of thioether (sulfide) groups is 1. The van der Waals surface area contributed by atoms with Gasteiger partial charge in [-0.15, -0.1) is 22.7 Å². The van der Waals surface area contributed by atoms with Crippen molar-refractivity contribution in [1.82, 2.24) is 4.98 Å². The van der Waals surface area contributed by atoms with Gasteiger partial charge >= 0.3 is 0 Å². The fourth-order valence-corrected chi connectivity index (χ4v) is 6.87. The second-order valence-electron chi connectivity index (χ2n) is 7.60. The maximum atomic E-state index is 12.9. The summed E-state index contributed by atoms with van der Waals surface area (Å²) in [6.45, 7) is 0. The Kier molecular flexibility index (Phi) is 6.91. The number of benzene rings is 1. The van der Waals surface area contributed by atoms with Gasteiger partial charge < -0.3 is 0 Å². The average Bonchev–Trinajstić information content (AvgIpc) is 3.60. The van der Waals surface area contributed by atoms with Gasteiger partial charge in [0.1, 0.15) is 11.1 Å². The summed E-state index contributed by atoms with van der Waals surface area (Å²) in [6.07, 6.45) is 3.89. The lowest BCUT2D eigenvalue weighted by Crippen LogP contribution is -2.05. The number of carbonyl (C=O) groups is 1. The van der Waals surface area contributed by atoms with Crippen LogP contribution in [0.1, 0.15) is 38.5 Å². The van der Waals surface area contributed by atoms with Crippen LogP contribution in [-0.4, -0.2) is 16.5 Å². The minimum atomic E-state index is -0.134. The number of halogens is 2. The largest absolute Gasteiger partial charge is 0.293 e. The van der Waals surface area contributed by atoms with E-state index in [1.807, 2.05) is 23.6 Å². The summed E-state index contributed by atoms with van der Waals surface area (Å²) in [6, 6.07) is 15.4. The highest BCUT2D eigenvalue weighted by Gasteiger charge is 2.28. The van der Waals surface area contributed by atoms with Gasteiger partial charge in [-0.3, -0.25) is 4.79 Å². The van der Waals surface area contributed by atoms with Crippen LogP contribution in [0.5, 0.6) is 0 Å². The molecule has 0 amide bonds. The lowest BCUT2D eigenvalue weighted by atomic mass is 10.0. The van der Waals surface area contributed by atoms with E-state index in [9.17, 15) is 10.1 Å². The Hall–Kier alpha value is -2.40. The fourth-order valence-electron chi connectivity index (χ4n) is 4.00. The van der Waals surface area contributed by atoms with Crippen molar-refractivity contribution in [2.75, 3.05) is 5.75 Å². The normalized spacial score (nSPS) is 13.7. The molecule has 0 N–H and O–H groups in total. The van der Waals surface area contributed by atoms with E-state index in [1.165, 1.54) is 16.6 Å². The van der Waals surface area contributed by atoms with Crippen molar-refractivity contribution in [3.05, 3.63) is 90.5 Å². The number of ketones is 1. The molecule has 0 fully saturated rings. The summed E-state index contributed by atoms with van der Waals surface area (Å²) in [5, 5.41) is 15.6. The Balaban J connectivity index is 1.56. The molecule has 1 aliphatic carbocycles. The molecular formula is C26H16Cl2N2OS3. The first kappa shape index (κ1) is 23.3. The summed E-state index contributed by atoms with van der Waals surface area (Å²) in [7, 11) is 0. The number of hydrogen-bond donors (Lipinski definition) is 0. The standard InChI is InChI=1S/C26H16Cl2N2OS3/c27-16-6-8-18(21(28)12-16)22(31)14-34-26-20(13-29)24(23-4-2-10-33-23)19-7-5-15(25(19)30-26)11-17-3-1-9-32-17/h1-4,6,8-12H,5,7,14H2. The Bertz CT molecular complexity index is 1450. The van der Waals surface area contributed by atoms with Crippen LogP contribution in [0.3, 0.4) is 0 Å². The zero-order chi connectivity index (χ0) is 23.7. The maximum Gasteiger partial charge on any atom is 0.174 e. The average molecular weight is 540 g/mol. The zero-order valence-corrected chi connectivity index (χ0v) is 21.6. The van der Waals surface area contributed by atoms with E-state index in [0.717, 1.165) is 40.1 Å². The van der Waals surface area contributed by atoms with Gasteiger partial charge in [0, 0.05) is 25.9 Å². The highest BCUT2D eigenvalue weighted by molar-refractivity contribution is 8.00. The number of Topliss-reactive ketones (excluding diaryl/α,β-unsaturated/α-hetero) is 1. The molecule has 1 aromatic carbocycles. The van der Waals surface area contributed by atoms with Gasteiger partial charge in [0.2, 0.25) is 0 Å². The molecule has 0 atom stereocenters. The number of allylic oxidation sites excluding steroid dienone is 1. The molecule has 3 nitrogen and oxygen atoms in total. The van der Waals surface area contributed by atoms with E-state index in [2.05, 4.69) is 23.6 Å². The number of rotatable bonds is 6. The molecule has 0 saturated carbocycles. The number of aromatic nitrogens is 1. The molecule has 3 aromatic heterocycles. The van der Waals surface area contributed by atoms with E-state index in [1.54, 1.807) is 40.9 Å². The Morgan fingerprint density at radius 2 is 1.97 bits per heavy atom. The molecule has 3 heterocycles. The van der Waals surface area contributed by atoms with E-state index in [4.69, 9.17) is 28.2 Å².